The maximum absolute atomic E-state index is 12.2. The van der Waals surface area contributed by atoms with E-state index in [1.165, 1.54) is 18.2 Å². The standard InChI is InChI=1S/C11H14F3N3O2/c12-11(13,14)19-9-5-2-1-4-8(9)17-10(15)16-6-3-7-18/h1-2,4-5,18H,3,6-7H2,(H3,15,16,17). The summed E-state index contributed by atoms with van der Waals surface area (Å²) in [5.74, 6) is -0.443. The minimum Gasteiger partial charge on any atom is -0.404 e. The van der Waals surface area contributed by atoms with Gasteiger partial charge in [-0.15, -0.1) is 13.2 Å². The van der Waals surface area contributed by atoms with E-state index in [0.29, 0.717) is 6.42 Å². The fourth-order valence-corrected chi connectivity index (χ4v) is 1.23. The van der Waals surface area contributed by atoms with Crippen molar-refractivity contribution in [1.82, 2.24) is 0 Å². The predicted octanol–water partition coefficient (Wildman–Crippen LogP) is 1.69. The summed E-state index contributed by atoms with van der Waals surface area (Å²) in [7, 11) is 0. The molecule has 0 heterocycles. The highest BCUT2D eigenvalue weighted by Gasteiger charge is 2.32. The van der Waals surface area contributed by atoms with Crippen LogP contribution in [0.3, 0.4) is 0 Å². The number of nitrogens with zero attached hydrogens (tertiary/aromatic N) is 1. The zero-order chi connectivity index (χ0) is 14.3. The molecule has 5 nitrogen and oxygen atoms in total. The quantitative estimate of drug-likeness (QED) is 0.435. The van der Waals surface area contributed by atoms with E-state index in [0.717, 1.165) is 6.07 Å². The Kier molecular flexibility index (Phi) is 5.43. The minimum absolute atomic E-state index is 0.0372. The topological polar surface area (TPSA) is 79.9 Å². The zero-order valence-corrected chi connectivity index (χ0v) is 9.94. The van der Waals surface area contributed by atoms with Crippen molar-refractivity contribution >= 4 is 11.6 Å². The second-order valence-electron chi connectivity index (χ2n) is 3.51. The molecule has 0 aliphatic rings. The number of benzene rings is 1. The van der Waals surface area contributed by atoms with Crippen molar-refractivity contribution in [3.8, 4) is 5.75 Å². The van der Waals surface area contributed by atoms with Crippen molar-refractivity contribution in [2.75, 3.05) is 18.5 Å². The third kappa shape index (κ3) is 5.96. The van der Waals surface area contributed by atoms with Crippen LogP contribution in [0.1, 0.15) is 6.42 Å². The molecule has 0 spiro atoms. The molecule has 1 aromatic rings. The lowest BCUT2D eigenvalue weighted by molar-refractivity contribution is -0.274. The average molecular weight is 277 g/mol. The van der Waals surface area contributed by atoms with Crippen molar-refractivity contribution < 1.29 is 23.0 Å². The molecule has 0 radical (unpaired) electrons. The van der Waals surface area contributed by atoms with Gasteiger partial charge < -0.3 is 20.9 Å². The number of nitrogens with one attached hydrogen (secondary N) is 1. The third-order valence-corrected chi connectivity index (χ3v) is 1.97. The highest BCUT2D eigenvalue weighted by atomic mass is 19.4. The SMILES string of the molecule is NC(=NCCCO)Nc1ccccc1OC(F)(F)F. The summed E-state index contributed by atoms with van der Waals surface area (Å²) in [5.41, 5.74) is 5.56. The molecule has 0 fully saturated rings. The van der Waals surface area contributed by atoms with Crippen LogP contribution in [0.5, 0.6) is 5.75 Å². The number of hydrogen-bond acceptors (Lipinski definition) is 3. The minimum atomic E-state index is -4.78. The number of anilines is 1. The number of alkyl halides is 3. The Balaban J connectivity index is 2.75. The second-order valence-corrected chi connectivity index (χ2v) is 3.51. The number of hydrogen-bond donors (Lipinski definition) is 3. The number of nitrogens with two attached hydrogens (primary N) is 1. The Morgan fingerprint density at radius 2 is 2.05 bits per heavy atom. The van der Waals surface area contributed by atoms with Crippen LogP contribution < -0.4 is 15.8 Å². The first-order valence-corrected chi connectivity index (χ1v) is 5.45. The van der Waals surface area contributed by atoms with Crippen LogP contribution >= 0.6 is 0 Å². The van der Waals surface area contributed by atoms with Crippen LogP contribution in [-0.2, 0) is 0 Å². The lowest BCUT2D eigenvalue weighted by Crippen LogP contribution is -2.24. The maximum Gasteiger partial charge on any atom is 0.573 e. The number of guanidine groups is 1. The van der Waals surface area contributed by atoms with Gasteiger partial charge in [0, 0.05) is 13.2 Å². The Hall–Kier alpha value is -1.96. The van der Waals surface area contributed by atoms with E-state index in [9.17, 15) is 13.2 Å². The van der Waals surface area contributed by atoms with Crippen molar-refractivity contribution in [1.29, 1.82) is 0 Å². The Morgan fingerprint density at radius 3 is 2.68 bits per heavy atom. The summed E-state index contributed by atoms with van der Waals surface area (Å²) in [6, 6.07) is 5.49. The molecule has 0 aliphatic carbocycles. The Morgan fingerprint density at radius 1 is 1.37 bits per heavy atom. The van der Waals surface area contributed by atoms with Gasteiger partial charge in [0.05, 0.1) is 5.69 Å². The lowest BCUT2D eigenvalue weighted by Gasteiger charge is -2.14. The molecule has 0 saturated heterocycles. The molecule has 8 heteroatoms. The van der Waals surface area contributed by atoms with E-state index in [-0.39, 0.29) is 24.8 Å². The number of aliphatic hydroxyl groups is 1. The molecule has 0 aromatic heterocycles. The molecule has 1 aromatic carbocycles. The first kappa shape index (κ1) is 15.1. The van der Waals surface area contributed by atoms with Crippen LogP contribution in [0.4, 0.5) is 18.9 Å². The van der Waals surface area contributed by atoms with E-state index in [1.54, 1.807) is 0 Å². The van der Waals surface area contributed by atoms with Gasteiger partial charge in [0.15, 0.2) is 11.7 Å². The van der Waals surface area contributed by atoms with Crippen LogP contribution in [0.2, 0.25) is 0 Å². The summed E-state index contributed by atoms with van der Waals surface area (Å²) in [6.45, 7) is 0.238. The first-order chi connectivity index (χ1) is 8.92. The van der Waals surface area contributed by atoms with Crippen LogP contribution in [-0.4, -0.2) is 30.6 Å². The van der Waals surface area contributed by atoms with Crippen molar-refractivity contribution in [2.45, 2.75) is 12.8 Å². The third-order valence-electron chi connectivity index (χ3n) is 1.97. The molecular formula is C11H14F3N3O2. The maximum atomic E-state index is 12.2. The van der Waals surface area contributed by atoms with Crippen molar-refractivity contribution in [3.05, 3.63) is 24.3 Å². The summed E-state index contributed by atoms with van der Waals surface area (Å²) < 4.78 is 40.4. The Bertz CT molecular complexity index is 435. The van der Waals surface area contributed by atoms with Gasteiger partial charge in [0.25, 0.3) is 0 Å². The number of ether oxygens (including phenoxy) is 1. The molecule has 0 unspecified atom stereocenters. The number of aliphatic imine (C=N–C) groups is 1. The van der Waals surface area contributed by atoms with Gasteiger partial charge in [-0.2, -0.15) is 0 Å². The van der Waals surface area contributed by atoms with Gasteiger partial charge >= 0.3 is 6.36 Å². The number of para-hydroxylation sites is 2. The summed E-state index contributed by atoms with van der Waals surface area (Å²) in [6.07, 6.45) is -4.36. The molecule has 0 atom stereocenters. The van der Waals surface area contributed by atoms with Crippen LogP contribution in [0.15, 0.2) is 29.3 Å². The van der Waals surface area contributed by atoms with Gasteiger partial charge in [-0.3, -0.25) is 4.99 Å². The van der Waals surface area contributed by atoms with Crippen LogP contribution in [0.25, 0.3) is 0 Å². The molecule has 19 heavy (non-hydrogen) atoms. The smallest absolute Gasteiger partial charge is 0.404 e. The fourth-order valence-electron chi connectivity index (χ4n) is 1.23. The van der Waals surface area contributed by atoms with Crippen LogP contribution in [0, 0.1) is 0 Å². The monoisotopic (exact) mass is 277 g/mol. The molecule has 0 aliphatic heterocycles. The van der Waals surface area contributed by atoms with Gasteiger partial charge in [-0.05, 0) is 18.6 Å². The molecule has 4 N–H and O–H groups in total. The van der Waals surface area contributed by atoms with E-state index < -0.39 is 12.1 Å². The zero-order valence-electron chi connectivity index (χ0n) is 9.94. The normalized spacial score (nSPS) is 12.3. The van der Waals surface area contributed by atoms with Crippen molar-refractivity contribution in [2.24, 2.45) is 10.7 Å². The van der Waals surface area contributed by atoms with E-state index in [1.807, 2.05) is 0 Å². The summed E-state index contributed by atoms with van der Waals surface area (Å²) in [5, 5.41) is 11.1. The number of halogens is 3. The van der Waals surface area contributed by atoms with Gasteiger partial charge in [-0.25, -0.2) is 0 Å². The highest BCUT2D eigenvalue weighted by Crippen LogP contribution is 2.29. The molecule has 0 bridgehead atoms. The molecule has 0 saturated carbocycles. The molecule has 106 valence electrons. The molecule has 1 rings (SSSR count). The summed E-state index contributed by atoms with van der Waals surface area (Å²) in [4.78, 5) is 3.83. The summed E-state index contributed by atoms with van der Waals surface area (Å²) >= 11 is 0. The van der Waals surface area contributed by atoms with E-state index >= 15 is 0 Å². The predicted molar refractivity (Wildman–Crippen MR) is 64.9 cm³/mol. The fraction of sp³-hybridized carbons (Fsp3) is 0.364. The number of rotatable bonds is 5. The largest absolute Gasteiger partial charge is 0.573 e. The van der Waals surface area contributed by atoms with Gasteiger partial charge in [0.1, 0.15) is 0 Å². The lowest BCUT2D eigenvalue weighted by atomic mass is 10.3. The van der Waals surface area contributed by atoms with Gasteiger partial charge in [0.2, 0.25) is 0 Å². The van der Waals surface area contributed by atoms with Gasteiger partial charge in [-0.1, -0.05) is 12.1 Å². The molecule has 0 amide bonds. The number of aliphatic hydroxyl groups excluding tert-OH is 1. The molecular weight excluding hydrogens is 263 g/mol. The average Bonchev–Trinajstić information content (AvgIpc) is 2.30. The first-order valence-electron chi connectivity index (χ1n) is 5.45. The van der Waals surface area contributed by atoms with E-state index in [2.05, 4.69) is 15.0 Å². The second kappa shape index (κ2) is 6.83. The highest BCUT2D eigenvalue weighted by molar-refractivity contribution is 5.93. The van der Waals surface area contributed by atoms with Crippen molar-refractivity contribution in [3.63, 3.8) is 0 Å². The Labute approximate surface area is 107 Å². The van der Waals surface area contributed by atoms with E-state index in [4.69, 9.17) is 10.8 Å².